The van der Waals surface area contributed by atoms with E-state index in [2.05, 4.69) is 32.9 Å². The molecule has 0 aliphatic rings. The Kier molecular flexibility index (Phi) is 10.9. The van der Waals surface area contributed by atoms with Crippen molar-refractivity contribution in [2.45, 2.75) is 104 Å². The first-order valence-electron chi connectivity index (χ1n) is 9.97. The van der Waals surface area contributed by atoms with E-state index in [4.69, 9.17) is 0 Å². The van der Waals surface area contributed by atoms with Crippen LogP contribution in [-0.2, 0) is 6.42 Å². The van der Waals surface area contributed by atoms with Gasteiger partial charge in [-0.1, -0.05) is 97.1 Å². The van der Waals surface area contributed by atoms with Crippen LogP contribution in [-0.4, -0.2) is 5.11 Å². The van der Waals surface area contributed by atoms with E-state index in [9.17, 15) is 5.11 Å². The Labute approximate surface area is 144 Å². The van der Waals surface area contributed by atoms with E-state index in [1.807, 2.05) is 6.07 Å². The van der Waals surface area contributed by atoms with Crippen molar-refractivity contribution in [3.05, 3.63) is 29.3 Å². The Morgan fingerprint density at radius 2 is 1.30 bits per heavy atom. The van der Waals surface area contributed by atoms with Gasteiger partial charge in [-0.05, 0) is 36.0 Å². The predicted molar refractivity (Wildman–Crippen MR) is 102 cm³/mol. The lowest BCUT2D eigenvalue weighted by Gasteiger charge is -2.10. The first-order chi connectivity index (χ1) is 11.1. The number of unbranched alkanes of at least 4 members (excludes halogenated alkanes) is 10. The first-order valence-corrected chi connectivity index (χ1v) is 9.97. The molecule has 0 aliphatic carbocycles. The van der Waals surface area contributed by atoms with Crippen molar-refractivity contribution in [1.82, 2.24) is 0 Å². The number of benzene rings is 1. The van der Waals surface area contributed by atoms with Gasteiger partial charge < -0.3 is 5.11 Å². The summed E-state index contributed by atoms with van der Waals surface area (Å²) >= 11 is 0. The highest BCUT2D eigenvalue weighted by atomic mass is 16.3. The molecule has 1 rings (SSSR count). The maximum Gasteiger partial charge on any atom is 0.119 e. The lowest BCUT2D eigenvalue weighted by atomic mass is 9.97. The number of rotatable bonds is 13. The van der Waals surface area contributed by atoms with Crippen LogP contribution in [0.25, 0.3) is 0 Å². The summed E-state index contributed by atoms with van der Waals surface area (Å²) in [5.74, 6) is 0.843. The highest BCUT2D eigenvalue weighted by Gasteiger charge is 2.06. The molecule has 23 heavy (non-hydrogen) atoms. The molecular weight excluding hydrogens is 280 g/mol. The van der Waals surface area contributed by atoms with Gasteiger partial charge in [0.25, 0.3) is 0 Å². The van der Waals surface area contributed by atoms with E-state index >= 15 is 0 Å². The average Bonchev–Trinajstić information content (AvgIpc) is 2.53. The minimum atomic E-state index is 0.396. The number of aromatic hydroxyl groups is 1. The normalized spacial score (nSPS) is 11.3. The highest BCUT2D eigenvalue weighted by molar-refractivity contribution is 5.38. The molecule has 132 valence electrons. The molecule has 0 fully saturated rings. The maximum absolute atomic E-state index is 9.87. The monoisotopic (exact) mass is 318 g/mol. The van der Waals surface area contributed by atoms with Gasteiger partial charge in [0.2, 0.25) is 0 Å². The van der Waals surface area contributed by atoms with Gasteiger partial charge in [0.1, 0.15) is 5.75 Å². The van der Waals surface area contributed by atoms with Gasteiger partial charge in [-0.3, -0.25) is 0 Å². The van der Waals surface area contributed by atoms with Gasteiger partial charge in [-0.2, -0.15) is 0 Å². The molecule has 0 aromatic heterocycles. The topological polar surface area (TPSA) is 20.2 Å². The molecule has 1 nitrogen and oxygen atoms in total. The fraction of sp³-hybridized carbons (Fsp3) is 0.727. The van der Waals surface area contributed by atoms with Gasteiger partial charge in [-0.15, -0.1) is 0 Å². The molecule has 0 unspecified atom stereocenters. The molecule has 0 saturated carbocycles. The zero-order valence-electron chi connectivity index (χ0n) is 15.7. The van der Waals surface area contributed by atoms with E-state index in [-0.39, 0.29) is 0 Å². The van der Waals surface area contributed by atoms with Gasteiger partial charge >= 0.3 is 0 Å². The third-order valence-electron chi connectivity index (χ3n) is 4.78. The lowest BCUT2D eigenvalue weighted by molar-refractivity contribution is 0.464. The van der Waals surface area contributed by atoms with Crippen LogP contribution in [0.3, 0.4) is 0 Å². The van der Waals surface area contributed by atoms with Crippen molar-refractivity contribution in [3.8, 4) is 5.75 Å². The summed E-state index contributed by atoms with van der Waals surface area (Å²) in [6.45, 7) is 6.56. The Balaban J connectivity index is 2.04. The number of phenols is 1. The molecule has 0 atom stereocenters. The van der Waals surface area contributed by atoms with Crippen molar-refractivity contribution in [2.75, 3.05) is 0 Å². The molecule has 0 aliphatic heterocycles. The zero-order valence-corrected chi connectivity index (χ0v) is 15.7. The van der Waals surface area contributed by atoms with Crippen molar-refractivity contribution in [1.29, 1.82) is 0 Å². The Morgan fingerprint density at radius 1 is 0.783 bits per heavy atom. The lowest BCUT2D eigenvalue weighted by Crippen LogP contribution is -1.92. The molecule has 0 spiro atoms. The molecule has 1 aromatic rings. The summed E-state index contributed by atoms with van der Waals surface area (Å²) in [4.78, 5) is 0. The van der Waals surface area contributed by atoms with Gasteiger partial charge in [0.15, 0.2) is 0 Å². The molecule has 1 aromatic carbocycles. The molecular formula is C22H38O. The van der Waals surface area contributed by atoms with Crippen molar-refractivity contribution < 1.29 is 5.11 Å². The van der Waals surface area contributed by atoms with E-state index in [0.717, 1.165) is 12.0 Å². The molecule has 1 heteroatoms. The second-order valence-electron chi connectivity index (χ2n) is 7.33. The summed E-state index contributed by atoms with van der Waals surface area (Å²) in [5.41, 5.74) is 2.47. The largest absolute Gasteiger partial charge is 0.508 e. The summed E-state index contributed by atoms with van der Waals surface area (Å²) < 4.78 is 0. The van der Waals surface area contributed by atoms with Crippen LogP contribution < -0.4 is 0 Å². The first kappa shape index (κ1) is 20.1. The Bertz CT molecular complexity index is 408. The summed E-state index contributed by atoms with van der Waals surface area (Å²) in [6.07, 6.45) is 16.5. The average molecular weight is 319 g/mol. The number of hydrogen-bond donors (Lipinski definition) is 1. The molecule has 0 bridgehead atoms. The van der Waals surface area contributed by atoms with E-state index in [1.165, 1.54) is 76.2 Å². The van der Waals surface area contributed by atoms with Gasteiger partial charge in [-0.25, -0.2) is 0 Å². The highest BCUT2D eigenvalue weighted by Crippen LogP contribution is 2.26. The van der Waals surface area contributed by atoms with Gasteiger partial charge in [0.05, 0.1) is 0 Å². The molecule has 0 heterocycles. The minimum Gasteiger partial charge on any atom is -0.508 e. The zero-order chi connectivity index (χ0) is 16.9. The van der Waals surface area contributed by atoms with Gasteiger partial charge in [0, 0.05) is 0 Å². The van der Waals surface area contributed by atoms with Crippen molar-refractivity contribution in [3.63, 3.8) is 0 Å². The Morgan fingerprint density at radius 3 is 1.83 bits per heavy atom. The van der Waals surface area contributed by atoms with E-state index in [1.54, 1.807) is 0 Å². The maximum atomic E-state index is 9.87. The molecule has 1 N–H and O–H groups in total. The number of aryl methyl sites for hydroxylation is 1. The van der Waals surface area contributed by atoms with Crippen LogP contribution in [0.4, 0.5) is 0 Å². The second-order valence-corrected chi connectivity index (χ2v) is 7.33. The fourth-order valence-corrected chi connectivity index (χ4v) is 3.22. The second kappa shape index (κ2) is 12.4. The van der Waals surface area contributed by atoms with Crippen molar-refractivity contribution in [2.24, 2.45) is 0 Å². The fourth-order valence-electron chi connectivity index (χ4n) is 3.22. The predicted octanol–water partition coefficient (Wildman–Crippen LogP) is 7.37. The number of hydrogen-bond acceptors (Lipinski definition) is 1. The smallest absolute Gasteiger partial charge is 0.119 e. The minimum absolute atomic E-state index is 0.396. The molecule has 0 saturated heterocycles. The Hall–Kier alpha value is -0.980. The van der Waals surface area contributed by atoms with E-state index < -0.39 is 0 Å². The standard InChI is InChI=1S/C22H38O/c1-4-5-6-7-8-9-10-11-12-13-14-15-20-16-17-22(23)21(18-20)19(2)3/h16-19,23H,4-15H2,1-3H3. The number of phenolic OH excluding ortho intramolecular Hbond substituents is 1. The van der Waals surface area contributed by atoms with Crippen LogP contribution >= 0.6 is 0 Å². The SMILES string of the molecule is CCCCCCCCCCCCCc1ccc(O)c(C(C)C)c1. The third-order valence-corrected chi connectivity index (χ3v) is 4.78. The molecule has 0 amide bonds. The van der Waals surface area contributed by atoms with Crippen LogP contribution in [0.1, 0.15) is 108 Å². The summed E-state index contributed by atoms with van der Waals surface area (Å²) in [5, 5.41) is 9.87. The van der Waals surface area contributed by atoms with Crippen LogP contribution in [0.2, 0.25) is 0 Å². The third kappa shape index (κ3) is 9.03. The van der Waals surface area contributed by atoms with Crippen LogP contribution in [0.15, 0.2) is 18.2 Å². The quantitative estimate of drug-likeness (QED) is 0.376. The van der Waals surface area contributed by atoms with Crippen molar-refractivity contribution >= 4 is 0 Å². The van der Waals surface area contributed by atoms with Crippen LogP contribution in [0.5, 0.6) is 5.75 Å². The molecule has 0 radical (unpaired) electrons. The summed E-state index contributed by atoms with van der Waals surface area (Å²) in [6, 6.07) is 6.14. The van der Waals surface area contributed by atoms with E-state index in [0.29, 0.717) is 11.7 Å². The summed E-state index contributed by atoms with van der Waals surface area (Å²) in [7, 11) is 0. The van der Waals surface area contributed by atoms with Crippen LogP contribution in [0, 0.1) is 0 Å².